The largest absolute Gasteiger partial charge is 0.374 e. The number of nitrogens with two attached hydrogens (primary N) is 1. The number of amides is 2. The van der Waals surface area contributed by atoms with Crippen LogP contribution in [-0.2, 0) is 17.6 Å². The minimum atomic E-state index is -0.756. The van der Waals surface area contributed by atoms with Gasteiger partial charge in [-0.2, -0.15) is 5.10 Å². The average molecular weight is 522 g/mol. The van der Waals surface area contributed by atoms with E-state index in [4.69, 9.17) is 5.73 Å². The van der Waals surface area contributed by atoms with Crippen molar-refractivity contribution in [1.29, 1.82) is 0 Å². The predicted molar refractivity (Wildman–Crippen MR) is 148 cm³/mol. The molecule has 0 bridgehead atoms. The molecule has 0 fully saturated rings. The van der Waals surface area contributed by atoms with Crippen molar-refractivity contribution in [2.45, 2.75) is 52.9 Å². The number of halogens is 1. The van der Waals surface area contributed by atoms with Crippen molar-refractivity contribution < 1.29 is 18.8 Å². The number of carbonyl (C=O) groups is 3. The predicted octanol–water partition coefficient (Wildman–Crippen LogP) is 4.71. The molecule has 38 heavy (non-hydrogen) atoms. The van der Waals surface area contributed by atoms with E-state index in [9.17, 15) is 18.8 Å². The molecular formula is C29H36FN5O3. The van der Waals surface area contributed by atoms with Gasteiger partial charge in [-0.05, 0) is 68.1 Å². The summed E-state index contributed by atoms with van der Waals surface area (Å²) in [7, 11) is 1.89. The molecule has 3 aromatic rings. The summed E-state index contributed by atoms with van der Waals surface area (Å²) in [6, 6.07) is 12.3. The molecule has 9 heteroatoms. The fourth-order valence-electron chi connectivity index (χ4n) is 4.51. The van der Waals surface area contributed by atoms with Crippen LogP contribution in [0.3, 0.4) is 0 Å². The van der Waals surface area contributed by atoms with E-state index in [1.165, 1.54) is 10.7 Å². The van der Waals surface area contributed by atoms with Crippen molar-refractivity contribution in [1.82, 2.24) is 9.78 Å². The highest BCUT2D eigenvalue weighted by atomic mass is 19.1. The first-order chi connectivity index (χ1) is 18.2. The van der Waals surface area contributed by atoms with Gasteiger partial charge >= 0.3 is 0 Å². The van der Waals surface area contributed by atoms with Crippen LogP contribution in [0.15, 0.2) is 42.5 Å². The van der Waals surface area contributed by atoms with E-state index >= 15 is 0 Å². The quantitative estimate of drug-likeness (QED) is 0.328. The van der Waals surface area contributed by atoms with Gasteiger partial charge in [-0.15, -0.1) is 0 Å². The Balaban J connectivity index is 1.84. The van der Waals surface area contributed by atoms with Gasteiger partial charge in [-0.3, -0.25) is 14.4 Å². The van der Waals surface area contributed by atoms with Gasteiger partial charge in [0, 0.05) is 43.5 Å². The first kappa shape index (κ1) is 28.6. The van der Waals surface area contributed by atoms with Crippen molar-refractivity contribution in [2.75, 3.05) is 29.9 Å². The highest BCUT2D eigenvalue weighted by Crippen LogP contribution is 2.24. The zero-order valence-corrected chi connectivity index (χ0v) is 22.5. The molecule has 2 N–H and O–H groups in total. The third-order valence-electron chi connectivity index (χ3n) is 6.55. The zero-order chi connectivity index (χ0) is 27.8. The second-order valence-corrected chi connectivity index (χ2v) is 9.21. The highest BCUT2D eigenvalue weighted by Gasteiger charge is 2.23. The fraction of sp³-hybridized carbons (Fsp3) is 0.379. The summed E-state index contributed by atoms with van der Waals surface area (Å²) >= 11 is 0. The Bertz CT molecular complexity index is 1290. The van der Waals surface area contributed by atoms with Crippen molar-refractivity contribution in [3.05, 3.63) is 70.8 Å². The fourth-order valence-corrected chi connectivity index (χ4v) is 4.51. The number of benzene rings is 2. The molecule has 1 aromatic heterocycles. The van der Waals surface area contributed by atoms with Gasteiger partial charge in [0.15, 0.2) is 12.0 Å². The number of likely N-dealkylation sites (N-methyl/N-ethyl adjacent to an activating group) is 1. The molecule has 0 saturated carbocycles. The summed E-state index contributed by atoms with van der Waals surface area (Å²) in [5.41, 5.74) is 8.83. The molecule has 0 aliphatic carbocycles. The maximum absolute atomic E-state index is 14.6. The molecule has 2 aromatic carbocycles. The number of aldehydes is 1. The van der Waals surface area contributed by atoms with Crippen LogP contribution in [0, 0.1) is 5.82 Å². The van der Waals surface area contributed by atoms with E-state index in [0.717, 1.165) is 24.2 Å². The molecule has 3 rings (SSSR count). The molecule has 1 heterocycles. The number of primary amides is 1. The first-order valence-corrected chi connectivity index (χ1v) is 13.0. The Morgan fingerprint density at radius 1 is 1.03 bits per heavy atom. The molecule has 0 saturated heterocycles. The van der Waals surface area contributed by atoms with E-state index < -0.39 is 5.91 Å². The topological polar surface area (TPSA) is 102 Å². The van der Waals surface area contributed by atoms with Crippen molar-refractivity contribution in [3.63, 3.8) is 0 Å². The number of anilines is 2. The average Bonchev–Trinajstić information content (AvgIpc) is 3.28. The molecule has 0 spiro atoms. The van der Waals surface area contributed by atoms with Crippen LogP contribution in [0.4, 0.5) is 15.8 Å². The van der Waals surface area contributed by atoms with Crippen molar-refractivity contribution in [2.24, 2.45) is 5.73 Å². The van der Waals surface area contributed by atoms with Crippen LogP contribution in [0.25, 0.3) is 5.69 Å². The maximum Gasteiger partial charge on any atom is 0.269 e. The molecule has 0 unspecified atom stereocenters. The van der Waals surface area contributed by atoms with E-state index in [1.54, 1.807) is 17.0 Å². The molecule has 8 nitrogen and oxygen atoms in total. The lowest BCUT2D eigenvalue weighted by Gasteiger charge is -2.23. The number of nitrogens with zero attached hydrogens (tertiary/aromatic N) is 4. The Morgan fingerprint density at radius 2 is 1.71 bits per heavy atom. The zero-order valence-electron chi connectivity index (χ0n) is 22.5. The molecule has 0 atom stereocenters. The standard InChI is InChI=1S/C29H36FN5O3/c1-5-8-20-10-11-23(18-25(20)30)35-26(19-36)24(28(32-35)29(31)38)16-17-33(4)21-12-14-22(15-13-21)34(7-3)27(37)9-6-2/h10-15,18-19H,5-9,16-17H2,1-4H3,(H2,31,38). The number of aryl methyl sites for hydroxylation is 1. The molecule has 202 valence electrons. The summed E-state index contributed by atoms with van der Waals surface area (Å²) in [5.74, 6) is -1.05. The minimum absolute atomic E-state index is 0.0121. The smallest absolute Gasteiger partial charge is 0.269 e. The maximum atomic E-state index is 14.6. The first-order valence-electron chi connectivity index (χ1n) is 13.0. The lowest BCUT2D eigenvalue weighted by atomic mass is 10.1. The number of carbonyl (C=O) groups excluding carboxylic acids is 3. The Hall–Kier alpha value is -4.01. The number of hydrogen-bond donors (Lipinski definition) is 1. The molecule has 0 radical (unpaired) electrons. The Morgan fingerprint density at radius 3 is 2.26 bits per heavy atom. The van der Waals surface area contributed by atoms with Crippen LogP contribution in [0.2, 0.25) is 0 Å². The summed E-state index contributed by atoms with van der Waals surface area (Å²) in [4.78, 5) is 40.4. The number of hydrogen-bond acceptors (Lipinski definition) is 5. The normalized spacial score (nSPS) is 10.9. The lowest BCUT2D eigenvalue weighted by molar-refractivity contribution is -0.118. The van der Waals surface area contributed by atoms with Crippen LogP contribution in [0.5, 0.6) is 0 Å². The van der Waals surface area contributed by atoms with Gasteiger partial charge in [0.25, 0.3) is 5.91 Å². The van der Waals surface area contributed by atoms with Gasteiger partial charge in [-0.25, -0.2) is 9.07 Å². The van der Waals surface area contributed by atoms with E-state index in [-0.39, 0.29) is 23.1 Å². The van der Waals surface area contributed by atoms with Gasteiger partial charge in [0.2, 0.25) is 5.91 Å². The van der Waals surface area contributed by atoms with Crippen LogP contribution in [0.1, 0.15) is 72.1 Å². The minimum Gasteiger partial charge on any atom is -0.374 e. The molecule has 0 aliphatic heterocycles. The second kappa shape index (κ2) is 13.0. The van der Waals surface area contributed by atoms with E-state index in [2.05, 4.69) is 5.10 Å². The SMILES string of the molecule is CCCC(=O)N(CC)c1ccc(N(C)CCc2c(C(N)=O)nn(-c3ccc(CCC)c(F)c3)c2C=O)cc1. The van der Waals surface area contributed by atoms with Crippen LogP contribution in [-0.4, -0.2) is 48.0 Å². The molecule has 2 amide bonds. The monoisotopic (exact) mass is 521 g/mol. The number of aromatic nitrogens is 2. The highest BCUT2D eigenvalue weighted by molar-refractivity contribution is 5.95. The van der Waals surface area contributed by atoms with Crippen molar-refractivity contribution in [3.8, 4) is 5.69 Å². The number of rotatable bonds is 13. The third kappa shape index (κ3) is 6.27. The summed E-state index contributed by atoms with van der Waals surface area (Å²) in [5, 5.41) is 4.28. The lowest BCUT2D eigenvalue weighted by Crippen LogP contribution is -2.30. The van der Waals surface area contributed by atoms with Gasteiger partial charge in [-0.1, -0.05) is 26.3 Å². The van der Waals surface area contributed by atoms with Crippen LogP contribution < -0.4 is 15.5 Å². The van der Waals surface area contributed by atoms with Gasteiger partial charge < -0.3 is 15.5 Å². The Labute approximate surface area is 223 Å². The van der Waals surface area contributed by atoms with Gasteiger partial charge in [0.1, 0.15) is 11.5 Å². The molecular weight excluding hydrogens is 485 g/mol. The second-order valence-electron chi connectivity index (χ2n) is 9.21. The third-order valence-corrected chi connectivity index (χ3v) is 6.55. The summed E-state index contributed by atoms with van der Waals surface area (Å²) in [6.45, 7) is 6.95. The summed E-state index contributed by atoms with van der Waals surface area (Å²) < 4.78 is 15.9. The summed E-state index contributed by atoms with van der Waals surface area (Å²) in [6.07, 6.45) is 3.63. The van der Waals surface area contributed by atoms with Gasteiger partial charge in [0.05, 0.1) is 5.69 Å². The van der Waals surface area contributed by atoms with Crippen molar-refractivity contribution >= 4 is 29.5 Å². The van der Waals surface area contributed by atoms with E-state index in [0.29, 0.717) is 55.5 Å². The molecule has 0 aliphatic rings. The Kier molecular flexibility index (Phi) is 9.76. The van der Waals surface area contributed by atoms with Crippen LogP contribution >= 0.6 is 0 Å². The van der Waals surface area contributed by atoms with E-state index in [1.807, 2.05) is 57.0 Å².